The van der Waals surface area contributed by atoms with E-state index in [0.717, 1.165) is 18.5 Å². The second kappa shape index (κ2) is 2.87. The summed E-state index contributed by atoms with van der Waals surface area (Å²) >= 11 is 5.88. The van der Waals surface area contributed by atoms with Crippen molar-refractivity contribution in [2.24, 2.45) is 0 Å². The van der Waals surface area contributed by atoms with Crippen molar-refractivity contribution in [2.45, 2.75) is 19.3 Å². The van der Waals surface area contributed by atoms with E-state index < -0.39 is 0 Å². The molecule has 0 bridgehead atoms. The lowest BCUT2D eigenvalue weighted by Crippen LogP contribution is -2.12. The first-order valence-electron chi connectivity index (χ1n) is 3.95. The molecule has 0 radical (unpaired) electrons. The molecule has 0 saturated carbocycles. The Labute approximate surface area is 75.6 Å². The maximum Gasteiger partial charge on any atom is 0.166 e. The Kier molecular flexibility index (Phi) is 1.85. The molecule has 0 fully saturated rings. The van der Waals surface area contributed by atoms with Crippen LogP contribution in [-0.4, -0.2) is 10.8 Å². The third-order valence-corrected chi connectivity index (χ3v) is 2.39. The summed E-state index contributed by atoms with van der Waals surface area (Å²) in [5.41, 5.74) is 1.50. The molecule has 0 aliphatic heterocycles. The third kappa shape index (κ3) is 1.12. The average Bonchev–Trinajstić information content (AvgIpc) is 2.04. The number of hydrogen-bond acceptors (Lipinski definition) is 2. The summed E-state index contributed by atoms with van der Waals surface area (Å²) in [5, 5.41) is 0.546. The molecule has 0 aromatic carbocycles. The van der Waals surface area contributed by atoms with Gasteiger partial charge in [0.2, 0.25) is 0 Å². The number of rotatable bonds is 0. The van der Waals surface area contributed by atoms with E-state index in [2.05, 4.69) is 4.98 Å². The van der Waals surface area contributed by atoms with Gasteiger partial charge in [-0.05, 0) is 18.9 Å². The van der Waals surface area contributed by atoms with Crippen LogP contribution in [0.3, 0.4) is 0 Å². The van der Waals surface area contributed by atoms with Gasteiger partial charge in [-0.15, -0.1) is 0 Å². The van der Waals surface area contributed by atoms with E-state index >= 15 is 0 Å². The topological polar surface area (TPSA) is 30.0 Å². The van der Waals surface area contributed by atoms with Crippen LogP contribution in [0.25, 0.3) is 0 Å². The summed E-state index contributed by atoms with van der Waals surface area (Å²) in [7, 11) is 0. The zero-order chi connectivity index (χ0) is 8.55. The highest BCUT2D eigenvalue weighted by molar-refractivity contribution is 6.34. The minimum atomic E-state index is 0.134. The van der Waals surface area contributed by atoms with Crippen LogP contribution in [-0.2, 0) is 6.42 Å². The van der Waals surface area contributed by atoms with Gasteiger partial charge in [0.1, 0.15) is 0 Å². The second-order valence-electron chi connectivity index (χ2n) is 2.89. The Hall–Kier alpha value is -0.890. The summed E-state index contributed by atoms with van der Waals surface area (Å²) in [6.45, 7) is 0. The molecule has 62 valence electrons. The van der Waals surface area contributed by atoms with E-state index in [4.69, 9.17) is 11.6 Å². The fourth-order valence-electron chi connectivity index (χ4n) is 1.50. The third-order valence-electron chi connectivity index (χ3n) is 2.07. The van der Waals surface area contributed by atoms with Crippen LogP contribution in [0.15, 0.2) is 12.3 Å². The van der Waals surface area contributed by atoms with Gasteiger partial charge in [-0.1, -0.05) is 11.6 Å². The van der Waals surface area contributed by atoms with Gasteiger partial charge >= 0.3 is 0 Å². The standard InChI is InChI=1S/C9H8ClNO/c10-6-4-5-11-7-2-1-3-8(12)9(6)7/h4-5H,1-3H2. The van der Waals surface area contributed by atoms with Crippen LogP contribution >= 0.6 is 11.6 Å². The lowest BCUT2D eigenvalue weighted by molar-refractivity contribution is 0.0971. The molecule has 12 heavy (non-hydrogen) atoms. The molecule has 0 unspecified atom stereocenters. The number of pyridine rings is 1. The number of carbonyl (C=O) groups is 1. The summed E-state index contributed by atoms with van der Waals surface area (Å²) in [5.74, 6) is 0.134. The zero-order valence-corrected chi connectivity index (χ0v) is 7.27. The lowest BCUT2D eigenvalue weighted by Gasteiger charge is -2.13. The molecule has 2 rings (SSSR count). The molecule has 1 aliphatic carbocycles. The van der Waals surface area contributed by atoms with Crippen molar-refractivity contribution in [2.75, 3.05) is 0 Å². The smallest absolute Gasteiger partial charge is 0.166 e. The van der Waals surface area contributed by atoms with Crippen molar-refractivity contribution in [1.82, 2.24) is 4.98 Å². The van der Waals surface area contributed by atoms with E-state index in [1.807, 2.05) is 0 Å². The number of aryl methyl sites for hydroxylation is 1. The summed E-state index contributed by atoms with van der Waals surface area (Å²) < 4.78 is 0. The highest BCUT2D eigenvalue weighted by Crippen LogP contribution is 2.25. The fourth-order valence-corrected chi connectivity index (χ4v) is 1.77. The maximum absolute atomic E-state index is 11.4. The average molecular weight is 182 g/mol. The molecule has 0 amide bonds. The zero-order valence-electron chi connectivity index (χ0n) is 6.51. The summed E-state index contributed by atoms with van der Waals surface area (Å²) in [6.07, 6.45) is 4.04. The van der Waals surface area contributed by atoms with E-state index in [1.165, 1.54) is 0 Å². The first kappa shape index (κ1) is 7.74. The van der Waals surface area contributed by atoms with Gasteiger partial charge in [0.05, 0.1) is 16.3 Å². The quantitative estimate of drug-likeness (QED) is 0.615. The Balaban J connectivity index is 2.60. The second-order valence-corrected chi connectivity index (χ2v) is 3.30. The van der Waals surface area contributed by atoms with E-state index in [0.29, 0.717) is 17.0 Å². The molecule has 1 aliphatic rings. The van der Waals surface area contributed by atoms with Gasteiger partial charge in [-0.25, -0.2) is 0 Å². The molecule has 0 saturated heterocycles. The molecular weight excluding hydrogens is 174 g/mol. The van der Waals surface area contributed by atoms with Crippen LogP contribution < -0.4 is 0 Å². The number of aromatic nitrogens is 1. The first-order chi connectivity index (χ1) is 5.79. The molecule has 0 spiro atoms. The van der Waals surface area contributed by atoms with Crippen LogP contribution in [0.1, 0.15) is 28.9 Å². The van der Waals surface area contributed by atoms with Crippen LogP contribution in [0.4, 0.5) is 0 Å². The van der Waals surface area contributed by atoms with E-state index in [1.54, 1.807) is 12.3 Å². The Morgan fingerprint density at radius 2 is 2.25 bits per heavy atom. The van der Waals surface area contributed by atoms with Crippen molar-refractivity contribution in [3.63, 3.8) is 0 Å². The first-order valence-corrected chi connectivity index (χ1v) is 4.33. The van der Waals surface area contributed by atoms with E-state index in [9.17, 15) is 4.79 Å². The summed E-state index contributed by atoms with van der Waals surface area (Å²) in [4.78, 5) is 15.5. The Morgan fingerprint density at radius 3 is 3.00 bits per heavy atom. The van der Waals surface area contributed by atoms with Gasteiger partial charge in [-0.2, -0.15) is 0 Å². The van der Waals surface area contributed by atoms with Crippen molar-refractivity contribution < 1.29 is 4.79 Å². The monoisotopic (exact) mass is 181 g/mol. The molecule has 1 aromatic heterocycles. The Morgan fingerprint density at radius 1 is 1.42 bits per heavy atom. The molecule has 0 N–H and O–H groups in total. The highest BCUT2D eigenvalue weighted by Gasteiger charge is 2.20. The molecule has 1 aromatic rings. The fraction of sp³-hybridized carbons (Fsp3) is 0.333. The van der Waals surface area contributed by atoms with Gasteiger partial charge in [0.25, 0.3) is 0 Å². The minimum absolute atomic E-state index is 0.134. The van der Waals surface area contributed by atoms with Crippen molar-refractivity contribution >= 4 is 17.4 Å². The molecule has 3 heteroatoms. The predicted molar refractivity (Wildman–Crippen MR) is 46.5 cm³/mol. The Bertz CT molecular complexity index is 335. The molecule has 0 atom stereocenters. The number of hydrogen-bond donors (Lipinski definition) is 0. The molecule has 2 nitrogen and oxygen atoms in total. The lowest BCUT2D eigenvalue weighted by atomic mass is 9.95. The van der Waals surface area contributed by atoms with Gasteiger partial charge in [0, 0.05) is 12.6 Å². The molecular formula is C9H8ClNO. The number of halogens is 1. The van der Waals surface area contributed by atoms with Crippen LogP contribution in [0, 0.1) is 0 Å². The molecule has 1 heterocycles. The summed E-state index contributed by atoms with van der Waals surface area (Å²) in [6, 6.07) is 1.67. The highest BCUT2D eigenvalue weighted by atomic mass is 35.5. The van der Waals surface area contributed by atoms with Crippen molar-refractivity contribution in [1.29, 1.82) is 0 Å². The number of ketones is 1. The van der Waals surface area contributed by atoms with Gasteiger partial charge < -0.3 is 0 Å². The van der Waals surface area contributed by atoms with Crippen molar-refractivity contribution in [3.8, 4) is 0 Å². The number of nitrogens with zero attached hydrogens (tertiary/aromatic N) is 1. The van der Waals surface area contributed by atoms with Crippen LogP contribution in [0.5, 0.6) is 0 Å². The van der Waals surface area contributed by atoms with Gasteiger partial charge in [0.15, 0.2) is 5.78 Å². The number of Topliss-reactive ketones (excluding diaryl/α,β-unsaturated/α-hetero) is 1. The van der Waals surface area contributed by atoms with Gasteiger partial charge in [-0.3, -0.25) is 9.78 Å². The predicted octanol–water partition coefficient (Wildman–Crippen LogP) is 2.25. The maximum atomic E-state index is 11.4. The minimum Gasteiger partial charge on any atom is -0.294 e. The van der Waals surface area contributed by atoms with Crippen molar-refractivity contribution in [3.05, 3.63) is 28.5 Å². The van der Waals surface area contributed by atoms with E-state index in [-0.39, 0.29) is 5.78 Å². The number of carbonyl (C=O) groups excluding carboxylic acids is 1. The number of fused-ring (bicyclic) bond motifs is 1. The SMILES string of the molecule is O=C1CCCc2nccc(Cl)c21. The normalized spacial score (nSPS) is 15.9. The van der Waals surface area contributed by atoms with Crippen LogP contribution in [0.2, 0.25) is 5.02 Å². The largest absolute Gasteiger partial charge is 0.294 e.